The van der Waals surface area contributed by atoms with Crippen molar-refractivity contribution < 1.29 is 14.6 Å². The van der Waals surface area contributed by atoms with Crippen molar-refractivity contribution in [3.63, 3.8) is 0 Å². The molecule has 2 aromatic rings. The number of methoxy groups -OCH3 is 1. The van der Waals surface area contributed by atoms with Crippen molar-refractivity contribution in [3.8, 4) is 5.75 Å². The number of carbonyl (C=O) groups is 1. The fraction of sp³-hybridized carbons (Fsp3) is 0.231. The number of hydrogen-bond donors (Lipinski definition) is 2. The van der Waals surface area contributed by atoms with Gasteiger partial charge in [-0.1, -0.05) is 18.2 Å². The van der Waals surface area contributed by atoms with Crippen LogP contribution in [0.15, 0.2) is 30.5 Å². The van der Waals surface area contributed by atoms with E-state index in [4.69, 9.17) is 15.6 Å². The van der Waals surface area contributed by atoms with Crippen molar-refractivity contribution in [3.05, 3.63) is 41.6 Å². The number of carboxylic acid groups (broad SMARTS) is 1. The van der Waals surface area contributed by atoms with Gasteiger partial charge in [0.05, 0.1) is 26.3 Å². The van der Waals surface area contributed by atoms with E-state index in [1.807, 2.05) is 24.3 Å². The second-order valence-corrected chi connectivity index (χ2v) is 4.10. The molecule has 1 heterocycles. The highest BCUT2D eigenvalue weighted by molar-refractivity contribution is 5.72. The number of ether oxygens (including phenoxy) is 1. The van der Waals surface area contributed by atoms with Gasteiger partial charge in [0.1, 0.15) is 11.6 Å². The Morgan fingerprint density at radius 2 is 2.16 bits per heavy atom. The minimum Gasteiger partial charge on any atom is -0.496 e. The molecule has 0 saturated carbocycles. The van der Waals surface area contributed by atoms with Crippen LogP contribution in [-0.4, -0.2) is 28.0 Å². The van der Waals surface area contributed by atoms with Gasteiger partial charge < -0.3 is 15.6 Å². The van der Waals surface area contributed by atoms with Crippen molar-refractivity contribution in [1.82, 2.24) is 9.78 Å². The van der Waals surface area contributed by atoms with Gasteiger partial charge >= 0.3 is 5.97 Å². The zero-order chi connectivity index (χ0) is 13.8. The summed E-state index contributed by atoms with van der Waals surface area (Å²) >= 11 is 0. The van der Waals surface area contributed by atoms with Crippen molar-refractivity contribution >= 4 is 11.8 Å². The maximum Gasteiger partial charge on any atom is 0.308 e. The molecule has 19 heavy (non-hydrogen) atoms. The maximum absolute atomic E-state index is 10.7. The molecule has 0 atom stereocenters. The van der Waals surface area contributed by atoms with Crippen LogP contribution in [0.1, 0.15) is 11.1 Å². The molecule has 1 aromatic carbocycles. The first-order valence-electron chi connectivity index (χ1n) is 5.75. The normalized spacial score (nSPS) is 10.4. The summed E-state index contributed by atoms with van der Waals surface area (Å²) in [6, 6.07) is 7.55. The molecule has 2 rings (SSSR count). The lowest BCUT2D eigenvalue weighted by Crippen LogP contribution is -2.09. The van der Waals surface area contributed by atoms with Gasteiger partial charge in [0.2, 0.25) is 0 Å². The van der Waals surface area contributed by atoms with E-state index in [0.29, 0.717) is 17.9 Å². The number of para-hydroxylation sites is 1. The van der Waals surface area contributed by atoms with Crippen LogP contribution in [0.4, 0.5) is 5.82 Å². The first-order valence-corrected chi connectivity index (χ1v) is 5.75. The van der Waals surface area contributed by atoms with Crippen LogP contribution in [0, 0.1) is 0 Å². The number of benzene rings is 1. The molecule has 0 bridgehead atoms. The number of nitrogens with zero attached hydrogens (tertiary/aromatic N) is 2. The summed E-state index contributed by atoms with van der Waals surface area (Å²) in [6.07, 6.45) is 1.36. The van der Waals surface area contributed by atoms with Gasteiger partial charge in [-0.3, -0.25) is 4.79 Å². The summed E-state index contributed by atoms with van der Waals surface area (Å²) in [5.74, 6) is 0.189. The van der Waals surface area contributed by atoms with E-state index >= 15 is 0 Å². The fourth-order valence-electron chi connectivity index (χ4n) is 1.85. The van der Waals surface area contributed by atoms with Crippen molar-refractivity contribution in [2.45, 2.75) is 13.0 Å². The van der Waals surface area contributed by atoms with Gasteiger partial charge in [0, 0.05) is 11.1 Å². The zero-order valence-electron chi connectivity index (χ0n) is 10.5. The standard InChI is InChI=1S/C13H15N3O3/c1-19-11-5-3-2-4-9(11)8-16-13(14)10(7-15-16)6-12(17)18/h2-5,7H,6,8,14H2,1H3,(H,17,18). The number of aromatic nitrogens is 2. The Kier molecular flexibility index (Phi) is 3.70. The molecular formula is C13H15N3O3. The summed E-state index contributed by atoms with van der Waals surface area (Å²) in [5, 5.41) is 12.9. The second-order valence-electron chi connectivity index (χ2n) is 4.10. The van der Waals surface area contributed by atoms with Crippen molar-refractivity contribution in [2.24, 2.45) is 0 Å². The number of nitrogens with two attached hydrogens (primary N) is 1. The first-order chi connectivity index (χ1) is 9.11. The molecule has 6 nitrogen and oxygen atoms in total. The summed E-state index contributed by atoms with van der Waals surface area (Å²) in [7, 11) is 1.60. The van der Waals surface area contributed by atoms with Crippen LogP contribution in [0.5, 0.6) is 5.75 Å². The van der Waals surface area contributed by atoms with Crippen LogP contribution in [-0.2, 0) is 17.8 Å². The highest BCUT2D eigenvalue weighted by Crippen LogP contribution is 2.20. The van der Waals surface area contributed by atoms with E-state index in [0.717, 1.165) is 11.3 Å². The third kappa shape index (κ3) is 2.85. The first kappa shape index (κ1) is 12.9. The number of hydrogen-bond acceptors (Lipinski definition) is 4. The number of rotatable bonds is 5. The quantitative estimate of drug-likeness (QED) is 0.842. The Bertz CT molecular complexity index is 593. The lowest BCUT2D eigenvalue weighted by Gasteiger charge is -2.09. The third-order valence-corrected chi connectivity index (χ3v) is 2.81. The van der Waals surface area contributed by atoms with Gasteiger partial charge in [-0.05, 0) is 6.07 Å². The Labute approximate surface area is 110 Å². The minimum atomic E-state index is -0.927. The molecule has 1 aromatic heterocycles. The monoisotopic (exact) mass is 261 g/mol. The number of anilines is 1. The summed E-state index contributed by atoms with van der Waals surface area (Å²) in [4.78, 5) is 10.7. The molecule has 100 valence electrons. The van der Waals surface area contributed by atoms with Crippen LogP contribution in [0.2, 0.25) is 0 Å². The van der Waals surface area contributed by atoms with Crippen molar-refractivity contribution in [1.29, 1.82) is 0 Å². The molecule has 0 amide bonds. The summed E-state index contributed by atoms with van der Waals surface area (Å²) in [6.45, 7) is 0.440. The largest absolute Gasteiger partial charge is 0.496 e. The molecule has 0 aliphatic rings. The zero-order valence-corrected chi connectivity index (χ0v) is 10.5. The van der Waals surface area contributed by atoms with E-state index in [2.05, 4.69) is 5.10 Å². The molecule has 0 fully saturated rings. The lowest BCUT2D eigenvalue weighted by atomic mass is 10.2. The van der Waals surface area contributed by atoms with E-state index < -0.39 is 5.97 Å². The molecule has 0 spiro atoms. The van der Waals surface area contributed by atoms with E-state index in [9.17, 15) is 4.79 Å². The average Bonchev–Trinajstić information content (AvgIpc) is 2.72. The van der Waals surface area contributed by atoms with Crippen LogP contribution < -0.4 is 10.5 Å². The van der Waals surface area contributed by atoms with Gasteiger partial charge in [0.15, 0.2) is 0 Å². The van der Waals surface area contributed by atoms with Gasteiger partial charge in [-0.25, -0.2) is 4.68 Å². The van der Waals surface area contributed by atoms with Crippen LogP contribution in [0.25, 0.3) is 0 Å². The molecule has 6 heteroatoms. The summed E-state index contributed by atoms with van der Waals surface area (Å²) in [5.41, 5.74) is 7.34. The van der Waals surface area contributed by atoms with E-state index in [1.54, 1.807) is 11.8 Å². The summed E-state index contributed by atoms with van der Waals surface area (Å²) < 4.78 is 6.82. The number of carboxylic acids is 1. The molecule has 0 aliphatic carbocycles. The second kappa shape index (κ2) is 5.43. The lowest BCUT2D eigenvalue weighted by molar-refractivity contribution is -0.136. The topological polar surface area (TPSA) is 90.4 Å². The maximum atomic E-state index is 10.7. The minimum absolute atomic E-state index is 0.127. The predicted octanol–water partition coefficient (Wildman–Crippen LogP) is 1.15. The van der Waals surface area contributed by atoms with Crippen LogP contribution >= 0.6 is 0 Å². The molecular weight excluding hydrogens is 246 g/mol. The molecule has 0 radical (unpaired) electrons. The number of nitrogen functional groups attached to an aromatic ring is 1. The van der Waals surface area contributed by atoms with Crippen LogP contribution in [0.3, 0.4) is 0 Å². The molecule has 0 unspecified atom stereocenters. The molecule has 0 saturated heterocycles. The molecule has 0 aliphatic heterocycles. The van der Waals surface area contributed by atoms with Crippen molar-refractivity contribution in [2.75, 3.05) is 12.8 Å². The van der Waals surface area contributed by atoms with Gasteiger partial charge in [-0.15, -0.1) is 0 Å². The predicted molar refractivity (Wildman–Crippen MR) is 70.1 cm³/mol. The Morgan fingerprint density at radius 1 is 1.42 bits per heavy atom. The fourth-order valence-corrected chi connectivity index (χ4v) is 1.85. The Balaban J connectivity index is 2.24. The number of aliphatic carboxylic acids is 1. The van der Waals surface area contributed by atoms with E-state index in [-0.39, 0.29) is 6.42 Å². The highest BCUT2D eigenvalue weighted by atomic mass is 16.5. The average molecular weight is 261 g/mol. The Hall–Kier alpha value is -2.50. The van der Waals surface area contributed by atoms with Gasteiger partial charge in [-0.2, -0.15) is 5.10 Å². The molecule has 3 N–H and O–H groups in total. The Morgan fingerprint density at radius 3 is 2.84 bits per heavy atom. The SMILES string of the molecule is COc1ccccc1Cn1ncc(CC(=O)O)c1N. The smallest absolute Gasteiger partial charge is 0.308 e. The van der Waals surface area contributed by atoms with E-state index in [1.165, 1.54) is 6.20 Å². The van der Waals surface area contributed by atoms with Gasteiger partial charge in [0.25, 0.3) is 0 Å². The highest BCUT2D eigenvalue weighted by Gasteiger charge is 2.12. The third-order valence-electron chi connectivity index (χ3n) is 2.81.